The van der Waals surface area contributed by atoms with E-state index in [-0.39, 0.29) is 5.78 Å². The number of hydrogen-bond acceptors (Lipinski definition) is 1. The van der Waals surface area contributed by atoms with Gasteiger partial charge >= 0.3 is 0 Å². The van der Waals surface area contributed by atoms with E-state index in [1.807, 2.05) is 24.3 Å². The summed E-state index contributed by atoms with van der Waals surface area (Å²) in [7, 11) is 1.02. The predicted molar refractivity (Wildman–Crippen MR) is 57.2 cm³/mol. The fraction of sp³-hybridized carbons (Fsp3) is 0.222. The molecule has 0 saturated heterocycles. The highest BCUT2D eigenvalue weighted by atomic mass is 79.9. The Hall–Kier alpha value is -0.565. The maximum atomic E-state index is 11.2. The number of Topliss-reactive ketones (excluding diaryl/α,β-unsaturated/α-hetero) is 1. The molecule has 0 amide bonds. The van der Waals surface area contributed by atoms with Crippen molar-refractivity contribution in [2.75, 3.05) is 5.33 Å². The zero-order valence-corrected chi connectivity index (χ0v) is 8.60. The molecule has 62 valence electrons. The van der Waals surface area contributed by atoms with Crippen LogP contribution >= 0.6 is 15.9 Å². The molecule has 0 aliphatic rings. The molecule has 0 radical (unpaired) electrons. The molecule has 12 heavy (non-hydrogen) atoms. The van der Waals surface area contributed by atoms with E-state index >= 15 is 0 Å². The minimum Gasteiger partial charge on any atom is -0.293 e. The minimum absolute atomic E-state index is 0.137. The van der Waals surface area contributed by atoms with E-state index in [0.29, 0.717) is 5.33 Å². The van der Waals surface area contributed by atoms with Crippen LogP contribution in [0, 0.1) is 0 Å². The standard InChI is InChI=1S/C9H10BBrO/c1-10-8-4-2-7(3-5-8)9(12)6-11/h2-5,10H,6H2,1H3. The van der Waals surface area contributed by atoms with Gasteiger partial charge in [0.05, 0.1) is 5.33 Å². The maximum absolute atomic E-state index is 11.2. The molecule has 1 nitrogen and oxygen atoms in total. The van der Waals surface area contributed by atoms with Gasteiger partial charge in [-0.3, -0.25) is 4.79 Å². The SMILES string of the molecule is CBc1ccc(C(=O)CBr)cc1. The van der Waals surface area contributed by atoms with E-state index in [0.717, 1.165) is 12.8 Å². The van der Waals surface area contributed by atoms with Gasteiger partial charge < -0.3 is 0 Å². The minimum atomic E-state index is 0.137. The van der Waals surface area contributed by atoms with Crippen LogP contribution in [-0.2, 0) is 0 Å². The Morgan fingerprint density at radius 2 is 2.00 bits per heavy atom. The van der Waals surface area contributed by atoms with E-state index in [9.17, 15) is 4.79 Å². The summed E-state index contributed by atoms with van der Waals surface area (Å²) >= 11 is 3.14. The average molecular weight is 225 g/mol. The van der Waals surface area contributed by atoms with Crippen molar-refractivity contribution in [3.05, 3.63) is 29.8 Å². The lowest BCUT2D eigenvalue weighted by atomic mass is 9.73. The first-order chi connectivity index (χ1) is 5.77. The van der Waals surface area contributed by atoms with Gasteiger partial charge in [0.25, 0.3) is 0 Å². The van der Waals surface area contributed by atoms with E-state index in [1.165, 1.54) is 5.46 Å². The van der Waals surface area contributed by atoms with Gasteiger partial charge in [-0.1, -0.05) is 52.5 Å². The first kappa shape index (κ1) is 9.52. The third kappa shape index (κ3) is 2.21. The van der Waals surface area contributed by atoms with Crippen LogP contribution in [-0.4, -0.2) is 18.4 Å². The van der Waals surface area contributed by atoms with E-state index in [2.05, 4.69) is 22.8 Å². The molecule has 0 spiro atoms. The largest absolute Gasteiger partial charge is 0.293 e. The maximum Gasteiger partial charge on any atom is 0.173 e. The number of halogens is 1. The van der Waals surface area contributed by atoms with Crippen LogP contribution in [0.1, 0.15) is 10.4 Å². The van der Waals surface area contributed by atoms with Crippen molar-refractivity contribution in [3.8, 4) is 0 Å². The molecule has 0 heterocycles. The van der Waals surface area contributed by atoms with Gasteiger partial charge in [-0.25, -0.2) is 0 Å². The Labute approximate surface area is 81.5 Å². The summed E-state index contributed by atoms with van der Waals surface area (Å²) in [6.07, 6.45) is 0. The van der Waals surface area contributed by atoms with Crippen LogP contribution in [0.5, 0.6) is 0 Å². The van der Waals surface area contributed by atoms with Gasteiger partial charge in [0, 0.05) is 5.56 Å². The summed E-state index contributed by atoms with van der Waals surface area (Å²) in [6.45, 7) is 2.10. The molecule has 0 bridgehead atoms. The van der Waals surface area contributed by atoms with Crippen molar-refractivity contribution < 1.29 is 4.79 Å². The Morgan fingerprint density at radius 1 is 1.42 bits per heavy atom. The van der Waals surface area contributed by atoms with Crippen molar-refractivity contribution in [1.82, 2.24) is 0 Å². The summed E-state index contributed by atoms with van der Waals surface area (Å²) in [5.41, 5.74) is 2.05. The van der Waals surface area contributed by atoms with E-state index in [4.69, 9.17) is 0 Å². The Morgan fingerprint density at radius 3 is 2.42 bits per heavy atom. The van der Waals surface area contributed by atoms with Crippen LogP contribution in [0.2, 0.25) is 6.82 Å². The molecule has 0 aliphatic heterocycles. The van der Waals surface area contributed by atoms with Crippen molar-refractivity contribution in [2.24, 2.45) is 0 Å². The molecule has 0 N–H and O–H groups in total. The van der Waals surface area contributed by atoms with Gasteiger partial charge in [-0.05, 0) is 0 Å². The Kier molecular flexibility index (Phi) is 3.54. The number of ketones is 1. The highest BCUT2D eigenvalue weighted by Gasteiger charge is 2.01. The van der Waals surface area contributed by atoms with Gasteiger partial charge in [-0.2, -0.15) is 0 Å². The van der Waals surface area contributed by atoms with E-state index in [1.54, 1.807) is 0 Å². The molecule has 0 aromatic heterocycles. The predicted octanol–water partition coefficient (Wildman–Crippen LogP) is 1.37. The normalized spacial score (nSPS) is 9.50. The molecule has 0 saturated carbocycles. The highest BCUT2D eigenvalue weighted by Crippen LogP contribution is 2.00. The fourth-order valence-electron chi connectivity index (χ4n) is 1.00. The van der Waals surface area contributed by atoms with Gasteiger partial charge in [0.1, 0.15) is 0 Å². The summed E-state index contributed by atoms with van der Waals surface area (Å²) in [4.78, 5) is 11.2. The molecular weight excluding hydrogens is 215 g/mol. The number of carbonyl (C=O) groups excluding carboxylic acids is 1. The monoisotopic (exact) mass is 224 g/mol. The molecule has 1 aromatic rings. The van der Waals surface area contributed by atoms with Crippen molar-refractivity contribution in [3.63, 3.8) is 0 Å². The molecule has 0 unspecified atom stereocenters. The number of hydrogen-bond donors (Lipinski definition) is 0. The summed E-state index contributed by atoms with van der Waals surface area (Å²) in [5, 5.41) is 0.401. The topological polar surface area (TPSA) is 17.1 Å². The first-order valence-corrected chi connectivity index (χ1v) is 5.08. The van der Waals surface area contributed by atoms with Crippen molar-refractivity contribution in [2.45, 2.75) is 6.82 Å². The van der Waals surface area contributed by atoms with Gasteiger partial charge in [0.2, 0.25) is 0 Å². The van der Waals surface area contributed by atoms with Gasteiger partial charge in [0.15, 0.2) is 13.1 Å². The molecule has 0 atom stereocenters. The Bertz CT molecular complexity index is 268. The molecule has 1 rings (SSSR count). The van der Waals surface area contributed by atoms with E-state index < -0.39 is 0 Å². The fourth-order valence-corrected chi connectivity index (χ4v) is 1.33. The smallest absolute Gasteiger partial charge is 0.173 e. The highest BCUT2D eigenvalue weighted by molar-refractivity contribution is 9.09. The summed E-state index contributed by atoms with van der Waals surface area (Å²) < 4.78 is 0. The molecule has 1 aromatic carbocycles. The van der Waals surface area contributed by atoms with Crippen LogP contribution in [0.4, 0.5) is 0 Å². The molecular formula is C9H10BBrO. The zero-order valence-electron chi connectivity index (χ0n) is 7.01. The second kappa shape index (κ2) is 4.46. The van der Waals surface area contributed by atoms with Crippen molar-refractivity contribution in [1.29, 1.82) is 0 Å². The van der Waals surface area contributed by atoms with Crippen LogP contribution in [0.25, 0.3) is 0 Å². The lowest BCUT2D eigenvalue weighted by Crippen LogP contribution is -2.11. The number of alkyl halides is 1. The van der Waals surface area contributed by atoms with Crippen LogP contribution in [0.3, 0.4) is 0 Å². The quantitative estimate of drug-likeness (QED) is 0.431. The molecule has 3 heteroatoms. The van der Waals surface area contributed by atoms with Crippen LogP contribution < -0.4 is 5.46 Å². The average Bonchev–Trinajstić information content (AvgIpc) is 2.17. The Balaban J connectivity index is 2.84. The molecule has 0 fully saturated rings. The second-order valence-corrected chi connectivity index (χ2v) is 3.17. The summed E-state index contributed by atoms with van der Waals surface area (Å²) in [5.74, 6) is 0.137. The zero-order chi connectivity index (χ0) is 8.97. The third-order valence-electron chi connectivity index (χ3n) is 1.81. The number of rotatable bonds is 3. The third-order valence-corrected chi connectivity index (χ3v) is 2.31. The first-order valence-electron chi connectivity index (χ1n) is 3.96. The summed E-state index contributed by atoms with van der Waals surface area (Å²) in [6, 6.07) is 7.75. The lowest BCUT2D eigenvalue weighted by Gasteiger charge is -1.98. The molecule has 0 aliphatic carbocycles. The number of benzene rings is 1. The lowest BCUT2D eigenvalue weighted by molar-refractivity contribution is 0.102. The van der Waals surface area contributed by atoms with Crippen molar-refractivity contribution >= 4 is 34.5 Å². The number of carbonyl (C=O) groups is 1. The second-order valence-electron chi connectivity index (χ2n) is 2.61. The van der Waals surface area contributed by atoms with Gasteiger partial charge in [-0.15, -0.1) is 0 Å². The van der Waals surface area contributed by atoms with Crippen LogP contribution in [0.15, 0.2) is 24.3 Å².